The number of benzene rings is 1. The molecule has 0 saturated heterocycles. The fraction of sp³-hybridized carbons (Fsp3) is 0.556. The van der Waals surface area contributed by atoms with Gasteiger partial charge in [-0.3, -0.25) is 4.79 Å². The van der Waals surface area contributed by atoms with Crippen molar-refractivity contribution in [1.29, 1.82) is 0 Å². The van der Waals surface area contributed by atoms with E-state index < -0.39 is 17.5 Å². The molecule has 0 radical (unpaired) electrons. The van der Waals surface area contributed by atoms with E-state index >= 15 is 0 Å². The van der Waals surface area contributed by atoms with Gasteiger partial charge in [-0.2, -0.15) is 0 Å². The smallest absolute Gasteiger partial charge is 0.243 e. The number of hydrogen-bond donors (Lipinski definition) is 1. The fourth-order valence-corrected chi connectivity index (χ4v) is 2.86. The number of carbonyl (C=O) groups excluding carboxylic acids is 1. The highest BCUT2D eigenvalue weighted by molar-refractivity contribution is 5.84. The lowest BCUT2D eigenvalue weighted by molar-refractivity contribution is -0.127. The van der Waals surface area contributed by atoms with Crippen molar-refractivity contribution in [3.63, 3.8) is 0 Å². The standard InChI is InChI=1S/C18H25F3N4O/c1-24(2)16(26)10-22-18(23-13-6-4-5-7-13)25(3)11-12-8-14(19)17(21)15(20)9-12/h8-9,13H,4-7,10-11H2,1-3H3,(H,22,23). The normalized spacial score (nSPS) is 15.2. The highest BCUT2D eigenvalue weighted by Gasteiger charge is 2.19. The minimum Gasteiger partial charge on any atom is -0.353 e. The third-order valence-electron chi connectivity index (χ3n) is 4.38. The number of amides is 1. The quantitative estimate of drug-likeness (QED) is 0.492. The van der Waals surface area contributed by atoms with Crippen LogP contribution in [0.2, 0.25) is 0 Å². The molecule has 0 bridgehead atoms. The van der Waals surface area contributed by atoms with Gasteiger partial charge in [0.25, 0.3) is 0 Å². The van der Waals surface area contributed by atoms with Crippen molar-refractivity contribution in [1.82, 2.24) is 15.1 Å². The van der Waals surface area contributed by atoms with Gasteiger partial charge >= 0.3 is 0 Å². The fourth-order valence-electron chi connectivity index (χ4n) is 2.86. The van der Waals surface area contributed by atoms with E-state index in [0.717, 1.165) is 37.8 Å². The van der Waals surface area contributed by atoms with E-state index in [1.807, 2.05) is 0 Å². The highest BCUT2D eigenvalue weighted by Crippen LogP contribution is 2.19. The minimum absolute atomic E-state index is 0.0292. The minimum atomic E-state index is -1.48. The van der Waals surface area contributed by atoms with Crippen LogP contribution in [0, 0.1) is 17.5 Å². The zero-order chi connectivity index (χ0) is 19.3. The van der Waals surface area contributed by atoms with Gasteiger partial charge < -0.3 is 15.1 Å². The van der Waals surface area contributed by atoms with Crippen molar-refractivity contribution in [2.75, 3.05) is 27.7 Å². The Balaban J connectivity index is 2.14. The lowest BCUT2D eigenvalue weighted by Crippen LogP contribution is -2.43. The van der Waals surface area contributed by atoms with Crippen LogP contribution in [0.5, 0.6) is 0 Å². The molecule has 1 N–H and O–H groups in total. The summed E-state index contributed by atoms with van der Waals surface area (Å²) in [5.74, 6) is -3.59. The van der Waals surface area contributed by atoms with Gasteiger partial charge in [0.15, 0.2) is 23.4 Å². The van der Waals surface area contributed by atoms with Crippen LogP contribution < -0.4 is 5.32 Å². The molecule has 0 atom stereocenters. The topological polar surface area (TPSA) is 47.9 Å². The van der Waals surface area contributed by atoms with Crippen molar-refractivity contribution < 1.29 is 18.0 Å². The van der Waals surface area contributed by atoms with Crippen LogP contribution in [0.25, 0.3) is 0 Å². The van der Waals surface area contributed by atoms with Gasteiger partial charge in [0.05, 0.1) is 0 Å². The molecule has 1 aliphatic rings. The number of nitrogens with zero attached hydrogens (tertiary/aromatic N) is 3. The molecule has 0 unspecified atom stereocenters. The van der Waals surface area contributed by atoms with E-state index in [-0.39, 0.29) is 30.6 Å². The summed E-state index contributed by atoms with van der Waals surface area (Å²) >= 11 is 0. The molecule has 0 spiro atoms. The van der Waals surface area contributed by atoms with E-state index in [2.05, 4.69) is 10.3 Å². The number of hydrogen-bond acceptors (Lipinski definition) is 2. The SMILES string of the molecule is CN(C)C(=O)CN=C(NC1CCCC1)N(C)Cc1cc(F)c(F)c(F)c1. The third kappa shape index (κ3) is 5.37. The molecule has 0 aromatic heterocycles. The Kier molecular flexibility index (Phi) is 6.88. The van der Waals surface area contributed by atoms with E-state index in [1.54, 1.807) is 26.0 Å². The molecular weight excluding hydrogens is 345 g/mol. The molecule has 1 aromatic rings. The summed E-state index contributed by atoms with van der Waals surface area (Å²) < 4.78 is 40.0. The molecule has 0 aliphatic heterocycles. The van der Waals surface area contributed by atoms with Gasteiger partial charge in [0, 0.05) is 33.7 Å². The maximum atomic E-state index is 13.4. The van der Waals surface area contributed by atoms with E-state index in [0.29, 0.717) is 5.96 Å². The van der Waals surface area contributed by atoms with Gasteiger partial charge in [0.1, 0.15) is 6.54 Å². The number of guanidine groups is 1. The van der Waals surface area contributed by atoms with E-state index in [9.17, 15) is 18.0 Å². The summed E-state index contributed by atoms with van der Waals surface area (Å²) in [6.45, 7) is 0.0986. The lowest BCUT2D eigenvalue weighted by Gasteiger charge is -2.25. The van der Waals surface area contributed by atoms with Crippen molar-refractivity contribution in [3.8, 4) is 0 Å². The predicted molar refractivity (Wildman–Crippen MR) is 94.2 cm³/mol. The first-order chi connectivity index (χ1) is 12.3. The Labute approximate surface area is 151 Å². The predicted octanol–water partition coefficient (Wildman–Crippen LogP) is 2.51. The molecule has 1 amide bonds. The molecule has 1 fully saturated rings. The molecule has 1 aliphatic carbocycles. The van der Waals surface area contributed by atoms with Crippen LogP contribution in [-0.4, -0.2) is 55.4 Å². The van der Waals surface area contributed by atoms with Crippen LogP contribution >= 0.6 is 0 Å². The molecule has 1 saturated carbocycles. The molecule has 5 nitrogen and oxygen atoms in total. The first kappa shape index (κ1) is 20.1. The number of rotatable bonds is 5. The van der Waals surface area contributed by atoms with Gasteiger partial charge in [-0.25, -0.2) is 18.2 Å². The number of nitrogens with one attached hydrogen (secondary N) is 1. The van der Waals surface area contributed by atoms with Crippen molar-refractivity contribution in [2.45, 2.75) is 38.3 Å². The summed E-state index contributed by atoms with van der Waals surface area (Å²) in [5, 5.41) is 3.31. The average molecular weight is 370 g/mol. The average Bonchev–Trinajstić information content (AvgIpc) is 3.08. The van der Waals surface area contributed by atoms with Crippen LogP contribution in [-0.2, 0) is 11.3 Å². The van der Waals surface area contributed by atoms with Crippen molar-refractivity contribution >= 4 is 11.9 Å². The maximum Gasteiger partial charge on any atom is 0.243 e. The zero-order valence-electron chi connectivity index (χ0n) is 15.4. The molecule has 1 aromatic carbocycles. The Morgan fingerprint density at radius 2 is 1.73 bits per heavy atom. The van der Waals surface area contributed by atoms with Gasteiger partial charge in [-0.15, -0.1) is 0 Å². The second kappa shape index (κ2) is 8.91. The van der Waals surface area contributed by atoms with Gasteiger partial charge in [0.2, 0.25) is 5.91 Å². The van der Waals surface area contributed by atoms with E-state index in [4.69, 9.17) is 0 Å². The number of aliphatic imine (C=N–C) groups is 1. The van der Waals surface area contributed by atoms with Crippen LogP contribution in [0.3, 0.4) is 0 Å². The molecular formula is C18H25F3N4O. The molecule has 2 rings (SSSR count). The second-order valence-electron chi connectivity index (χ2n) is 6.78. The summed E-state index contributed by atoms with van der Waals surface area (Å²) in [6.07, 6.45) is 4.27. The van der Waals surface area contributed by atoms with Crippen LogP contribution in [0.15, 0.2) is 17.1 Å². The number of carbonyl (C=O) groups is 1. The largest absolute Gasteiger partial charge is 0.353 e. The molecule has 26 heavy (non-hydrogen) atoms. The summed E-state index contributed by atoms with van der Waals surface area (Å²) in [5.41, 5.74) is 0.281. The summed E-state index contributed by atoms with van der Waals surface area (Å²) in [6, 6.07) is 2.19. The first-order valence-corrected chi connectivity index (χ1v) is 8.63. The van der Waals surface area contributed by atoms with Crippen molar-refractivity contribution in [2.24, 2.45) is 4.99 Å². The summed E-state index contributed by atoms with van der Waals surface area (Å²) in [4.78, 5) is 19.3. The molecule has 0 heterocycles. The van der Waals surface area contributed by atoms with Crippen LogP contribution in [0.1, 0.15) is 31.2 Å². The molecule has 8 heteroatoms. The number of likely N-dealkylation sites (N-methyl/N-ethyl adjacent to an activating group) is 1. The Morgan fingerprint density at radius 1 is 1.15 bits per heavy atom. The Hall–Kier alpha value is -2.25. The lowest BCUT2D eigenvalue weighted by atomic mass is 10.2. The van der Waals surface area contributed by atoms with E-state index in [1.165, 1.54) is 4.90 Å². The summed E-state index contributed by atoms with van der Waals surface area (Å²) in [7, 11) is 5.01. The monoisotopic (exact) mass is 370 g/mol. The Morgan fingerprint density at radius 3 is 2.27 bits per heavy atom. The molecule has 144 valence electrons. The second-order valence-corrected chi connectivity index (χ2v) is 6.78. The van der Waals surface area contributed by atoms with Gasteiger partial charge in [-0.05, 0) is 30.5 Å². The first-order valence-electron chi connectivity index (χ1n) is 8.63. The van der Waals surface area contributed by atoms with Crippen LogP contribution in [0.4, 0.5) is 13.2 Å². The maximum absolute atomic E-state index is 13.4. The number of halogens is 3. The highest BCUT2D eigenvalue weighted by atomic mass is 19.2. The van der Waals surface area contributed by atoms with Gasteiger partial charge in [-0.1, -0.05) is 12.8 Å². The van der Waals surface area contributed by atoms with Crippen molar-refractivity contribution in [3.05, 3.63) is 35.1 Å². The Bertz CT molecular complexity index is 649. The zero-order valence-corrected chi connectivity index (χ0v) is 15.4. The third-order valence-corrected chi connectivity index (χ3v) is 4.38.